The van der Waals surface area contributed by atoms with Crippen LogP contribution in [0, 0.1) is 11.3 Å². The number of thiophene rings is 1. The Hall–Kier alpha value is -2.96. The van der Waals surface area contributed by atoms with Crippen molar-refractivity contribution in [3.05, 3.63) is 42.0 Å². The van der Waals surface area contributed by atoms with Gasteiger partial charge in [-0.2, -0.15) is 5.26 Å². The fourth-order valence-corrected chi connectivity index (χ4v) is 5.73. The van der Waals surface area contributed by atoms with Gasteiger partial charge in [0, 0.05) is 10.9 Å². The van der Waals surface area contributed by atoms with Crippen molar-refractivity contribution >= 4 is 45.2 Å². The predicted molar refractivity (Wildman–Crippen MR) is 129 cm³/mol. The standard InChI is InChI=1S/C24H24N4O3S2/c1-16(21(30)28-24(14-25)10-6-3-7-11-24)31-19(29)13-33-23-20-18(17-8-4-2-5-9-17)12-32-22(20)26-15-27-23/h2,4-5,8-9,12,15-16H,3,6-7,10-11,13H2,1H3,(H,28,30)/t16-/m1/s1. The average molecular weight is 481 g/mol. The summed E-state index contributed by atoms with van der Waals surface area (Å²) in [6, 6.07) is 12.2. The van der Waals surface area contributed by atoms with E-state index < -0.39 is 23.5 Å². The summed E-state index contributed by atoms with van der Waals surface area (Å²) in [6.45, 7) is 1.53. The number of carbonyl (C=O) groups is 2. The lowest BCUT2D eigenvalue weighted by Crippen LogP contribution is -2.52. The monoisotopic (exact) mass is 480 g/mol. The number of aromatic nitrogens is 2. The van der Waals surface area contributed by atoms with Crippen LogP contribution in [0.25, 0.3) is 21.3 Å². The number of hydrogen-bond acceptors (Lipinski definition) is 8. The minimum atomic E-state index is -0.975. The molecule has 0 spiro atoms. The SMILES string of the molecule is C[C@@H](OC(=O)CSc1ncnc2scc(-c3ccccc3)c12)C(=O)NC1(C#N)CCCCC1. The first-order valence-corrected chi connectivity index (χ1v) is 12.7. The van der Waals surface area contributed by atoms with E-state index in [1.807, 2.05) is 35.7 Å². The van der Waals surface area contributed by atoms with E-state index in [0.29, 0.717) is 17.9 Å². The van der Waals surface area contributed by atoms with Crippen LogP contribution >= 0.6 is 23.1 Å². The number of nitrogens with zero attached hydrogens (tertiary/aromatic N) is 3. The van der Waals surface area contributed by atoms with Gasteiger partial charge in [0.05, 0.1) is 17.2 Å². The molecule has 7 nitrogen and oxygen atoms in total. The number of ether oxygens (including phenoxy) is 1. The van der Waals surface area contributed by atoms with Crippen molar-refractivity contribution in [2.45, 2.75) is 55.7 Å². The summed E-state index contributed by atoms with van der Waals surface area (Å²) >= 11 is 2.79. The molecule has 1 aromatic carbocycles. The Balaban J connectivity index is 1.39. The summed E-state index contributed by atoms with van der Waals surface area (Å²) in [5, 5.41) is 16.0. The van der Waals surface area contributed by atoms with Crippen LogP contribution in [-0.2, 0) is 14.3 Å². The number of rotatable bonds is 7. The highest BCUT2D eigenvalue weighted by Crippen LogP contribution is 2.37. The van der Waals surface area contributed by atoms with E-state index in [9.17, 15) is 14.9 Å². The van der Waals surface area contributed by atoms with E-state index in [4.69, 9.17) is 4.74 Å². The van der Waals surface area contributed by atoms with Gasteiger partial charge in [0.15, 0.2) is 6.10 Å². The molecule has 170 valence electrons. The smallest absolute Gasteiger partial charge is 0.317 e. The minimum Gasteiger partial charge on any atom is -0.452 e. The number of nitriles is 1. The summed E-state index contributed by atoms with van der Waals surface area (Å²) in [6.07, 6.45) is 4.63. The molecule has 33 heavy (non-hydrogen) atoms. The third-order valence-corrected chi connectivity index (χ3v) is 7.56. The molecular formula is C24H24N4O3S2. The molecule has 4 rings (SSSR count). The molecule has 0 aliphatic heterocycles. The van der Waals surface area contributed by atoms with Gasteiger partial charge in [-0.1, -0.05) is 61.4 Å². The first kappa shape index (κ1) is 23.2. The molecule has 1 fully saturated rings. The van der Waals surface area contributed by atoms with E-state index in [2.05, 4.69) is 21.4 Å². The van der Waals surface area contributed by atoms with Crippen molar-refractivity contribution in [3.63, 3.8) is 0 Å². The Morgan fingerprint density at radius 1 is 1.24 bits per heavy atom. The zero-order valence-electron chi connectivity index (χ0n) is 18.2. The molecule has 9 heteroatoms. The Morgan fingerprint density at radius 2 is 2.00 bits per heavy atom. The Labute approximate surface area is 200 Å². The van der Waals surface area contributed by atoms with Crippen molar-refractivity contribution in [1.82, 2.24) is 15.3 Å². The number of carbonyl (C=O) groups excluding carboxylic acids is 2. The summed E-state index contributed by atoms with van der Waals surface area (Å²) in [5.74, 6) is -0.942. The van der Waals surface area contributed by atoms with Crippen LogP contribution in [0.3, 0.4) is 0 Å². The summed E-state index contributed by atoms with van der Waals surface area (Å²) in [5.41, 5.74) is 1.22. The Kier molecular flexibility index (Phi) is 7.26. The van der Waals surface area contributed by atoms with Crippen molar-refractivity contribution in [3.8, 4) is 17.2 Å². The third kappa shape index (κ3) is 5.34. The van der Waals surface area contributed by atoms with E-state index >= 15 is 0 Å². The summed E-state index contributed by atoms with van der Waals surface area (Å²) in [7, 11) is 0. The Bertz CT molecular complexity index is 1180. The van der Waals surface area contributed by atoms with E-state index in [0.717, 1.165) is 40.6 Å². The lowest BCUT2D eigenvalue weighted by atomic mass is 9.83. The molecule has 0 bridgehead atoms. The summed E-state index contributed by atoms with van der Waals surface area (Å²) < 4.78 is 5.35. The van der Waals surface area contributed by atoms with Gasteiger partial charge < -0.3 is 10.1 Å². The summed E-state index contributed by atoms with van der Waals surface area (Å²) in [4.78, 5) is 34.6. The van der Waals surface area contributed by atoms with Gasteiger partial charge in [-0.3, -0.25) is 9.59 Å². The molecule has 2 heterocycles. The molecule has 1 amide bonds. The number of amides is 1. The van der Waals surface area contributed by atoms with E-state index in [-0.39, 0.29) is 5.75 Å². The van der Waals surface area contributed by atoms with Gasteiger partial charge in [0.1, 0.15) is 21.7 Å². The van der Waals surface area contributed by atoms with Gasteiger partial charge >= 0.3 is 5.97 Å². The van der Waals surface area contributed by atoms with Crippen LogP contribution in [0.1, 0.15) is 39.0 Å². The van der Waals surface area contributed by atoms with Crippen LogP contribution in [0.15, 0.2) is 47.1 Å². The van der Waals surface area contributed by atoms with Gasteiger partial charge in [0.25, 0.3) is 5.91 Å². The number of fused-ring (bicyclic) bond motifs is 1. The van der Waals surface area contributed by atoms with Crippen LogP contribution in [0.4, 0.5) is 0 Å². The Morgan fingerprint density at radius 3 is 2.73 bits per heavy atom. The zero-order chi connectivity index (χ0) is 23.3. The highest BCUT2D eigenvalue weighted by molar-refractivity contribution is 8.00. The number of esters is 1. The normalized spacial score (nSPS) is 16.0. The highest BCUT2D eigenvalue weighted by atomic mass is 32.2. The van der Waals surface area contributed by atoms with Crippen LogP contribution in [0.2, 0.25) is 0 Å². The van der Waals surface area contributed by atoms with Crippen LogP contribution < -0.4 is 5.32 Å². The topological polar surface area (TPSA) is 105 Å². The molecular weight excluding hydrogens is 456 g/mol. The predicted octanol–water partition coefficient (Wildman–Crippen LogP) is 4.72. The second kappa shape index (κ2) is 10.3. The molecule has 0 unspecified atom stereocenters. The van der Waals surface area contributed by atoms with Crippen molar-refractivity contribution in [2.24, 2.45) is 0 Å². The van der Waals surface area contributed by atoms with Crippen molar-refractivity contribution in [1.29, 1.82) is 5.26 Å². The fraction of sp³-hybridized carbons (Fsp3) is 0.375. The van der Waals surface area contributed by atoms with E-state index in [1.54, 1.807) is 0 Å². The number of thioether (sulfide) groups is 1. The number of hydrogen-bond donors (Lipinski definition) is 1. The number of benzene rings is 1. The average Bonchev–Trinajstić information content (AvgIpc) is 3.28. The van der Waals surface area contributed by atoms with Gasteiger partial charge in [-0.15, -0.1) is 11.3 Å². The maximum Gasteiger partial charge on any atom is 0.317 e. The fourth-order valence-electron chi connectivity index (χ4n) is 3.96. The lowest BCUT2D eigenvalue weighted by molar-refractivity contribution is -0.152. The molecule has 0 radical (unpaired) electrons. The van der Waals surface area contributed by atoms with E-state index in [1.165, 1.54) is 36.3 Å². The highest BCUT2D eigenvalue weighted by Gasteiger charge is 2.35. The van der Waals surface area contributed by atoms with Gasteiger partial charge in [0.2, 0.25) is 0 Å². The lowest BCUT2D eigenvalue weighted by Gasteiger charge is -2.32. The molecule has 1 atom stereocenters. The molecule has 1 aliphatic rings. The maximum atomic E-state index is 12.6. The maximum absolute atomic E-state index is 12.6. The first-order valence-electron chi connectivity index (χ1n) is 10.8. The second-order valence-corrected chi connectivity index (χ2v) is 9.86. The molecule has 0 saturated heterocycles. The zero-order valence-corrected chi connectivity index (χ0v) is 19.9. The van der Waals surface area contributed by atoms with Gasteiger partial charge in [-0.25, -0.2) is 9.97 Å². The number of nitrogens with one attached hydrogen (secondary N) is 1. The van der Waals surface area contributed by atoms with Crippen LogP contribution in [0.5, 0.6) is 0 Å². The largest absolute Gasteiger partial charge is 0.452 e. The molecule has 1 aliphatic carbocycles. The first-order chi connectivity index (χ1) is 16.0. The minimum absolute atomic E-state index is 0.0111. The molecule has 3 aromatic rings. The van der Waals surface area contributed by atoms with Gasteiger partial charge in [-0.05, 0) is 25.3 Å². The molecule has 1 saturated carbocycles. The van der Waals surface area contributed by atoms with Crippen molar-refractivity contribution in [2.75, 3.05) is 5.75 Å². The quantitative estimate of drug-likeness (QED) is 0.296. The van der Waals surface area contributed by atoms with Crippen LogP contribution in [-0.4, -0.2) is 39.2 Å². The molecule has 1 N–H and O–H groups in total. The third-order valence-electron chi connectivity index (χ3n) is 5.71. The van der Waals surface area contributed by atoms with Crippen molar-refractivity contribution < 1.29 is 14.3 Å². The molecule has 2 aromatic heterocycles. The second-order valence-electron chi connectivity index (χ2n) is 8.04.